The van der Waals surface area contributed by atoms with Gasteiger partial charge in [-0.3, -0.25) is 14.5 Å². The second kappa shape index (κ2) is 7.49. The Labute approximate surface area is 165 Å². The lowest BCUT2D eigenvalue weighted by Gasteiger charge is -2.31. The van der Waals surface area contributed by atoms with Crippen LogP contribution in [0.2, 0.25) is 0 Å². The standard InChI is InChI=1S/C23H26N2O3/c1-17-11-13-24(14-12-17)16-25-20-10-6-5-9-19(20)23(28,22(25)27)15-21(26)18-7-3-2-4-8-18/h2-10,17,28H,11-16H2,1H3/p+1/t23-/m1/s1. The number of aliphatic hydroxyl groups is 1. The quantitative estimate of drug-likeness (QED) is 0.779. The first-order chi connectivity index (χ1) is 13.5. The van der Waals surface area contributed by atoms with Crippen molar-refractivity contribution in [1.82, 2.24) is 0 Å². The predicted molar refractivity (Wildman–Crippen MR) is 107 cm³/mol. The second-order valence-electron chi connectivity index (χ2n) is 8.17. The number of benzene rings is 2. The van der Waals surface area contributed by atoms with Crippen molar-refractivity contribution in [2.75, 3.05) is 24.7 Å². The molecule has 1 atom stereocenters. The molecule has 0 radical (unpaired) electrons. The van der Waals surface area contributed by atoms with Crippen LogP contribution in [0.25, 0.3) is 0 Å². The Morgan fingerprint density at radius 2 is 1.75 bits per heavy atom. The summed E-state index contributed by atoms with van der Waals surface area (Å²) in [6.07, 6.45) is 2.06. The number of hydrogen-bond donors (Lipinski definition) is 2. The maximum atomic E-state index is 13.3. The molecule has 2 heterocycles. The van der Waals surface area contributed by atoms with Gasteiger partial charge in [0.1, 0.15) is 0 Å². The van der Waals surface area contributed by atoms with Crippen LogP contribution in [0.15, 0.2) is 54.6 Å². The number of rotatable bonds is 5. The molecule has 2 aromatic carbocycles. The number of para-hydroxylation sites is 1. The highest BCUT2D eigenvalue weighted by Crippen LogP contribution is 2.42. The van der Waals surface area contributed by atoms with Crippen LogP contribution in [0, 0.1) is 5.92 Å². The number of piperidine rings is 1. The summed E-state index contributed by atoms with van der Waals surface area (Å²) < 4.78 is 0. The molecule has 2 N–H and O–H groups in total. The van der Waals surface area contributed by atoms with E-state index in [0.29, 0.717) is 17.8 Å². The van der Waals surface area contributed by atoms with E-state index in [4.69, 9.17) is 0 Å². The van der Waals surface area contributed by atoms with E-state index in [0.717, 1.165) is 37.5 Å². The summed E-state index contributed by atoms with van der Waals surface area (Å²) in [7, 11) is 0. The summed E-state index contributed by atoms with van der Waals surface area (Å²) in [5.74, 6) is 0.113. The first kappa shape index (κ1) is 18.8. The Bertz CT molecular complexity index is 874. The van der Waals surface area contributed by atoms with Crippen molar-refractivity contribution in [2.24, 2.45) is 5.92 Å². The molecule has 0 aromatic heterocycles. The van der Waals surface area contributed by atoms with Crippen LogP contribution in [-0.2, 0) is 10.4 Å². The zero-order chi connectivity index (χ0) is 19.7. The SMILES string of the molecule is CC1CC[NH+](CN2C(=O)[C@@](O)(CC(=O)c3ccccc3)c3ccccc32)CC1. The number of anilines is 1. The Hall–Kier alpha value is -2.50. The fourth-order valence-corrected chi connectivity index (χ4v) is 4.34. The zero-order valence-corrected chi connectivity index (χ0v) is 16.2. The van der Waals surface area contributed by atoms with Crippen molar-refractivity contribution < 1.29 is 19.6 Å². The first-order valence-corrected chi connectivity index (χ1v) is 10.0. The van der Waals surface area contributed by atoms with Gasteiger partial charge in [0, 0.05) is 11.1 Å². The lowest BCUT2D eigenvalue weighted by atomic mass is 9.88. The van der Waals surface area contributed by atoms with Crippen LogP contribution in [0.4, 0.5) is 5.69 Å². The van der Waals surface area contributed by atoms with Gasteiger partial charge >= 0.3 is 0 Å². The summed E-state index contributed by atoms with van der Waals surface area (Å²) in [4.78, 5) is 29.1. The molecule has 0 bridgehead atoms. The maximum absolute atomic E-state index is 13.3. The lowest BCUT2D eigenvalue weighted by molar-refractivity contribution is -0.904. The Morgan fingerprint density at radius 1 is 1.11 bits per heavy atom. The van der Waals surface area contributed by atoms with E-state index >= 15 is 0 Å². The number of amides is 1. The summed E-state index contributed by atoms with van der Waals surface area (Å²) in [6.45, 7) is 4.84. The molecule has 0 aliphatic carbocycles. The van der Waals surface area contributed by atoms with E-state index in [1.807, 2.05) is 24.3 Å². The highest BCUT2D eigenvalue weighted by molar-refractivity contribution is 6.10. The largest absolute Gasteiger partial charge is 0.375 e. The molecule has 2 aromatic rings. The third-order valence-corrected chi connectivity index (χ3v) is 6.11. The molecule has 2 aliphatic rings. The van der Waals surface area contributed by atoms with Gasteiger partial charge in [0.2, 0.25) is 0 Å². The molecule has 5 nitrogen and oxygen atoms in total. The zero-order valence-electron chi connectivity index (χ0n) is 16.2. The molecular weight excluding hydrogens is 352 g/mol. The number of carbonyl (C=O) groups excluding carboxylic acids is 2. The predicted octanol–water partition coefficient (Wildman–Crippen LogP) is 1.77. The van der Waals surface area contributed by atoms with Crippen molar-refractivity contribution in [3.63, 3.8) is 0 Å². The van der Waals surface area contributed by atoms with E-state index < -0.39 is 5.60 Å². The van der Waals surface area contributed by atoms with Crippen LogP contribution < -0.4 is 9.80 Å². The number of ketones is 1. The van der Waals surface area contributed by atoms with Crippen LogP contribution in [-0.4, -0.2) is 36.6 Å². The van der Waals surface area contributed by atoms with Gasteiger partial charge in [-0.25, -0.2) is 0 Å². The van der Waals surface area contributed by atoms with Crippen molar-refractivity contribution in [3.8, 4) is 0 Å². The molecule has 1 fully saturated rings. The van der Waals surface area contributed by atoms with Gasteiger partial charge in [-0.2, -0.15) is 0 Å². The van der Waals surface area contributed by atoms with Crippen LogP contribution >= 0.6 is 0 Å². The number of likely N-dealkylation sites (tertiary alicyclic amines) is 1. The third kappa shape index (κ3) is 3.36. The number of carbonyl (C=O) groups is 2. The Balaban J connectivity index is 1.60. The van der Waals surface area contributed by atoms with Gasteiger partial charge in [-0.1, -0.05) is 55.5 Å². The minimum atomic E-state index is -1.80. The molecule has 0 saturated carbocycles. The van der Waals surface area contributed by atoms with Crippen molar-refractivity contribution in [3.05, 3.63) is 65.7 Å². The van der Waals surface area contributed by atoms with Gasteiger partial charge in [0.15, 0.2) is 18.1 Å². The normalized spacial score (nSPS) is 26.9. The highest BCUT2D eigenvalue weighted by Gasteiger charge is 2.51. The van der Waals surface area contributed by atoms with Gasteiger partial charge in [0.05, 0.1) is 25.2 Å². The molecule has 4 rings (SSSR count). The molecule has 0 unspecified atom stereocenters. The third-order valence-electron chi connectivity index (χ3n) is 6.11. The first-order valence-electron chi connectivity index (χ1n) is 10.0. The number of nitrogens with one attached hydrogen (secondary N) is 1. The monoisotopic (exact) mass is 379 g/mol. The van der Waals surface area contributed by atoms with E-state index in [1.54, 1.807) is 35.2 Å². The average Bonchev–Trinajstić information content (AvgIpc) is 2.92. The van der Waals surface area contributed by atoms with Gasteiger partial charge in [-0.15, -0.1) is 0 Å². The van der Waals surface area contributed by atoms with Crippen LogP contribution in [0.3, 0.4) is 0 Å². The van der Waals surface area contributed by atoms with E-state index in [2.05, 4.69) is 6.92 Å². The number of hydrogen-bond acceptors (Lipinski definition) is 3. The maximum Gasteiger partial charge on any atom is 0.268 e. The number of nitrogens with zero attached hydrogens (tertiary/aromatic N) is 1. The smallest absolute Gasteiger partial charge is 0.268 e. The molecule has 2 aliphatic heterocycles. The summed E-state index contributed by atoms with van der Waals surface area (Å²) in [5.41, 5.74) is -0.0298. The van der Waals surface area contributed by atoms with Gasteiger partial charge in [-0.05, 0) is 24.8 Å². The van der Waals surface area contributed by atoms with E-state index in [9.17, 15) is 14.7 Å². The topological polar surface area (TPSA) is 62.1 Å². The molecule has 1 saturated heterocycles. The van der Waals surface area contributed by atoms with Crippen LogP contribution in [0.1, 0.15) is 42.1 Å². The Kier molecular flexibility index (Phi) is 5.04. The van der Waals surface area contributed by atoms with E-state index in [1.165, 1.54) is 4.90 Å². The lowest BCUT2D eigenvalue weighted by Crippen LogP contribution is -3.14. The molecule has 5 heteroatoms. The second-order valence-corrected chi connectivity index (χ2v) is 8.17. The fourth-order valence-electron chi connectivity index (χ4n) is 4.34. The Morgan fingerprint density at radius 3 is 2.46 bits per heavy atom. The minimum absolute atomic E-state index is 0.229. The van der Waals surface area contributed by atoms with Crippen molar-refractivity contribution in [2.45, 2.75) is 31.8 Å². The summed E-state index contributed by atoms with van der Waals surface area (Å²) >= 11 is 0. The summed E-state index contributed by atoms with van der Waals surface area (Å²) in [6, 6.07) is 16.2. The minimum Gasteiger partial charge on any atom is -0.375 e. The fraction of sp³-hybridized carbons (Fsp3) is 0.391. The molecule has 146 valence electrons. The van der Waals surface area contributed by atoms with Crippen LogP contribution in [0.5, 0.6) is 0 Å². The summed E-state index contributed by atoms with van der Waals surface area (Å²) in [5, 5.41) is 11.4. The van der Waals surface area contributed by atoms with Gasteiger partial charge < -0.3 is 10.0 Å². The van der Waals surface area contributed by atoms with E-state index in [-0.39, 0.29) is 18.1 Å². The number of Topliss-reactive ketones (excluding diaryl/α,β-unsaturated/α-hetero) is 1. The molecule has 1 amide bonds. The number of fused-ring (bicyclic) bond motifs is 1. The van der Waals surface area contributed by atoms with Crippen molar-refractivity contribution >= 4 is 17.4 Å². The molecule has 28 heavy (non-hydrogen) atoms. The van der Waals surface area contributed by atoms with Gasteiger partial charge in [0.25, 0.3) is 5.91 Å². The number of quaternary nitrogens is 1. The molecule has 0 spiro atoms. The van der Waals surface area contributed by atoms with Crippen molar-refractivity contribution in [1.29, 1.82) is 0 Å². The average molecular weight is 379 g/mol. The molecular formula is C23H27N2O3+. The highest BCUT2D eigenvalue weighted by atomic mass is 16.3.